The highest BCUT2D eigenvalue weighted by molar-refractivity contribution is 6.34. The molecule has 4 aromatic rings. The highest BCUT2D eigenvalue weighted by Gasteiger charge is 2.18. The molecule has 2 heterocycles. The number of pyridine rings is 1. The lowest BCUT2D eigenvalue weighted by atomic mass is 10.0. The van der Waals surface area contributed by atoms with Gasteiger partial charge in [0.25, 0.3) is 5.91 Å². The van der Waals surface area contributed by atoms with Crippen molar-refractivity contribution in [2.45, 2.75) is 6.42 Å². The van der Waals surface area contributed by atoms with Gasteiger partial charge in [-0.2, -0.15) is 0 Å². The molecule has 1 aromatic heterocycles. The number of benzene rings is 3. The fourth-order valence-corrected chi connectivity index (χ4v) is 3.77. The Balaban J connectivity index is 1.58. The molecule has 0 fully saturated rings. The van der Waals surface area contributed by atoms with E-state index in [-0.39, 0.29) is 5.91 Å². The number of fused-ring (bicyclic) bond motifs is 4. The van der Waals surface area contributed by atoms with E-state index in [1.165, 1.54) is 0 Å². The summed E-state index contributed by atoms with van der Waals surface area (Å²) in [6.07, 6.45) is 2.48. The summed E-state index contributed by atoms with van der Waals surface area (Å²) in [5, 5.41) is 6.26. The average molecular weight is 405 g/mol. The highest BCUT2D eigenvalue weighted by Crippen LogP contribution is 2.38. The number of aromatic nitrogens is 1. The molecule has 0 saturated heterocycles. The fourth-order valence-electron chi connectivity index (χ4n) is 3.57. The molecule has 144 valence electrons. The van der Waals surface area contributed by atoms with Gasteiger partial charge in [-0.3, -0.25) is 9.78 Å². The first-order valence-corrected chi connectivity index (χ1v) is 9.75. The standard InChI is InChI=1S/C23H17ClN2O3/c24-18-12-20-21(29-10-4-9-28-20)13-19(18)26-23(27)17-11-14-5-1-2-6-15(14)16-7-3-8-25-22(16)17/h1-3,5-8,11-13H,4,9-10H2,(H,26,27). The van der Waals surface area contributed by atoms with E-state index in [2.05, 4.69) is 10.3 Å². The van der Waals surface area contributed by atoms with Crippen LogP contribution in [0.5, 0.6) is 11.5 Å². The molecule has 29 heavy (non-hydrogen) atoms. The molecule has 1 amide bonds. The van der Waals surface area contributed by atoms with Gasteiger partial charge in [0.15, 0.2) is 11.5 Å². The fraction of sp³-hybridized carbons (Fsp3) is 0.130. The Labute approximate surface area is 172 Å². The number of carbonyl (C=O) groups is 1. The third-order valence-electron chi connectivity index (χ3n) is 4.94. The van der Waals surface area contributed by atoms with Crippen LogP contribution in [0.2, 0.25) is 5.02 Å². The number of nitrogens with one attached hydrogen (secondary N) is 1. The number of nitrogens with zero attached hydrogens (tertiary/aromatic N) is 1. The van der Waals surface area contributed by atoms with Crippen LogP contribution in [-0.4, -0.2) is 24.1 Å². The molecule has 5 nitrogen and oxygen atoms in total. The number of halogens is 1. The Bertz CT molecular complexity index is 1260. The molecule has 0 atom stereocenters. The predicted molar refractivity (Wildman–Crippen MR) is 114 cm³/mol. The van der Waals surface area contributed by atoms with Crippen molar-refractivity contribution in [3.05, 3.63) is 71.4 Å². The zero-order chi connectivity index (χ0) is 19.8. The number of ether oxygens (including phenoxy) is 2. The minimum absolute atomic E-state index is 0.282. The minimum atomic E-state index is -0.282. The third kappa shape index (κ3) is 3.23. The van der Waals surface area contributed by atoms with Crippen LogP contribution in [0.25, 0.3) is 21.7 Å². The lowest BCUT2D eigenvalue weighted by Crippen LogP contribution is -2.13. The van der Waals surface area contributed by atoms with Gasteiger partial charge in [-0.25, -0.2) is 0 Å². The van der Waals surface area contributed by atoms with Crippen LogP contribution in [0.4, 0.5) is 5.69 Å². The van der Waals surface area contributed by atoms with Crippen LogP contribution in [0.3, 0.4) is 0 Å². The van der Waals surface area contributed by atoms with Crippen molar-refractivity contribution in [2.24, 2.45) is 0 Å². The van der Waals surface area contributed by atoms with Gasteiger partial charge < -0.3 is 14.8 Å². The predicted octanol–water partition coefficient (Wildman–Crippen LogP) is 5.46. The molecule has 0 unspecified atom stereocenters. The normalized spacial score (nSPS) is 13.3. The van der Waals surface area contributed by atoms with Crippen LogP contribution in [0.15, 0.2) is 60.8 Å². The zero-order valence-corrected chi connectivity index (χ0v) is 16.2. The first-order valence-electron chi connectivity index (χ1n) is 9.38. The Morgan fingerprint density at radius 2 is 1.72 bits per heavy atom. The molecule has 1 aliphatic heterocycles. The Morgan fingerprint density at radius 1 is 0.966 bits per heavy atom. The lowest BCUT2D eigenvalue weighted by molar-refractivity contribution is 0.102. The van der Waals surface area contributed by atoms with Crippen molar-refractivity contribution in [1.82, 2.24) is 4.98 Å². The van der Waals surface area contributed by atoms with Gasteiger partial charge in [0.05, 0.1) is 35.0 Å². The van der Waals surface area contributed by atoms with E-state index < -0.39 is 0 Å². The van der Waals surface area contributed by atoms with E-state index in [1.807, 2.05) is 42.5 Å². The van der Waals surface area contributed by atoms with Gasteiger partial charge >= 0.3 is 0 Å². The second-order valence-electron chi connectivity index (χ2n) is 6.83. The molecule has 3 aromatic carbocycles. The summed E-state index contributed by atoms with van der Waals surface area (Å²) in [5.41, 5.74) is 1.61. The molecule has 0 saturated carbocycles. The lowest BCUT2D eigenvalue weighted by Gasteiger charge is -2.14. The van der Waals surface area contributed by atoms with Crippen LogP contribution >= 0.6 is 11.6 Å². The van der Waals surface area contributed by atoms with Gasteiger partial charge in [0, 0.05) is 30.1 Å². The maximum absolute atomic E-state index is 13.2. The van der Waals surface area contributed by atoms with Crippen LogP contribution in [0.1, 0.15) is 16.8 Å². The third-order valence-corrected chi connectivity index (χ3v) is 5.26. The topological polar surface area (TPSA) is 60.5 Å². The van der Waals surface area contributed by atoms with E-state index in [4.69, 9.17) is 21.1 Å². The van der Waals surface area contributed by atoms with Gasteiger partial charge in [-0.05, 0) is 22.9 Å². The monoisotopic (exact) mass is 404 g/mol. The SMILES string of the molecule is O=C(Nc1cc2c(cc1Cl)OCCCO2)c1cc2ccccc2c2cccnc12. The van der Waals surface area contributed by atoms with Crippen molar-refractivity contribution in [1.29, 1.82) is 0 Å². The largest absolute Gasteiger partial charge is 0.490 e. The summed E-state index contributed by atoms with van der Waals surface area (Å²) >= 11 is 6.39. The molecule has 0 bridgehead atoms. The molecular formula is C23H17ClN2O3. The van der Waals surface area contributed by atoms with E-state index >= 15 is 0 Å². The van der Waals surface area contributed by atoms with Crippen LogP contribution in [0, 0.1) is 0 Å². The van der Waals surface area contributed by atoms with Gasteiger partial charge in [-0.1, -0.05) is 41.9 Å². The number of carbonyl (C=O) groups excluding carboxylic acids is 1. The second-order valence-corrected chi connectivity index (χ2v) is 7.24. The maximum atomic E-state index is 13.2. The van der Waals surface area contributed by atoms with Gasteiger partial charge in [0.1, 0.15) is 0 Å². The van der Waals surface area contributed by atoms with Gasteiger partial charge in [-0.15, -0.1) is 0 Å². The molecule has 0 radical (unpaired) electrons. The van der Waals surface area contributed by atoms with Crippen molar-refractivity contribution >= 4 is 44.9 Å². The number of hydrogen-bond acceptors (Lipinski definition) is 4. The Hall–Kier alpha value is -3.31. The highest BCUT2D eigenvalue weighted by atomic mass is 35.5. The Morgan fingerprint density at radius 3 is 2.59 bits per heavy atom. The quantitative estimate of drug-likeness (QED) is 0.451. The zero-order valence-electron chi connectivity index (χ0n) is 15.4. The van der Waals surface area contributed by atoms with Crippen LogP contribution in [-0.2, 0) is 0 Å². The Kier molecular flexibility index (Phi) is 4.45. The smallest absolute Gasteiger partial charge is 0.257 e. The summed E-state index contributed by atoms with van der Waals surface area (Å²) in [6.45, 7) is 1.13. The van der Waals surface area contributed by atoms with Gasteiger partial charge in [0.2, 0.25) is 0 Å². The van der Waals surface area contributed by atoms with E-state index in [0.29, 0.717) is 46.5 Å². The van der Waals surface area contributed by atoms with E-state index in [9.17, 15) is 4.79 Å². The average Bonchev–Trinajstić information content (AvgIpc) is 2.98. The van der Waals surface area contributed by atoms with Crippen LogP contribution < -0.4 is 14.8 Å². The van der Waals surface area contributed by atoms with E-state index in [0.717, 1.165) is 22.6 Å². The summed E-state index contributed by atoms with van der Waals surface area (Å²) in [4.78, 5) is 17.6. The summed E-state index contributed by atoms with van der Waals surface area (Å²) in [7, 11) is 0. The molecule has 0 spiro atoms. The van der Waals surface area contributed by atoms with Crippen molar-refractivity contribution in [3.63, 3.8) is 0 Å². The number of anilines is 1. The molecule has 0 aliphatic carbocycles. The summed E-state index contributed by atoms with van der Waals surface area (Å²) < 4.78 is 11.4. The second kappa shape index (κ2) is 7.26. The minimum Gasteiger partial charge on any atom is -0.490 e. The van der Waals surface area contributed by atoms with Crippen molar-refractivity contribution < 1.29 is 14.3 Å². The number of rotatable bonds is 2. The molecule has 6 heteroatoms. The first kappa shape index (κ1) is 17.8. The first-order chi connectivity index (χ1) is 14.2. The molecule has 1 N–H and O–H groups in total. The molecule has 5 rings (SSSR count). The number of amides is 1. The summed E-state index contributed by atoms with van der Waals surface area (Å²) in [5.74, 6) is 0.878. The van der Waals surface area contributed by atoms with Crippen molar-refractivity contribution in [3.8, 4) is 11.5 Å². The van der Waals surface area contributed by atoms with Crippen molar-refractivity contribution in [2.75, 3.05) is 18.5 Å². The number of hydrogen-bond donors (Lipinski definition) is 1. The molecular weight excluding hydrogens is 388 g/mol. The summed E-state index contributed by atoms with van der Waals surface area (Å²) in [6, 6.07) is 17.0. The molecule has 1 aliphatic rings. The maximum Gasteiger partial charge on any atom is 0.257 e. The van der Waals surface area contributed by atoms with E-state index in [1.54, 1.807) is 18.3 Å².